The van der Waals surface area contributed by atoms with Gasteiger partial charge in [-0.2, -0.15) is 0 Å². The number of nitrogens with zero attached hydrogens (tertiary/aromatic N) is 2. The highest BCUT2D eigenvalue weighted by Gasteiger charge is 2.32. The number of hydrogen-bond acceptors (Lipinski definition) is 2. The van der Waals surface area contributed by atoms with E-state index in [1.54, 1.807) is 12.5 Å². The molecule has 0 spiro atoms. The molecule has 3 nitrogen and oxygen atoms in total. The van der Waals surface area contributed by atoms with E-state index in [0.717, 1.165) is 22.3 Å². The average molecular weight is 340 g/mol. The minimum absolute atomic E-state index is 0.404. The highest BCUT2D eigenvalue weighted by atomic mass is 16.3. The lowest BCUT2D eigenvalue weighted by molar-refractivity contribution is 0.0612. The van der Waals surface area contributed by atoms with Gasteiger partial charge in [0.05, 0.1) is 12.9 Å². The van der Waals surface area contributed by atoms with E-state index in [1.165, 1.54) is 0 Å². The molecular weight excluding hydrogens is 320 g/mol. The SMILES string of the molecule is OC(Cn1ccnc1)(c1ccccc1)c1ccc(-c2ccccc2)cc1. The Morgan fingerprint density at radius 3 is 1.92 bits per heavy atom. The summed E-state index contributed by atoms with van der Waals surface area (Å²) in [6.07, 6.45) is 5.32. The second-order valence-electron chi connectivity index (χ2n) is 6.40. The fourth-order valence-corrected chi connectivity index (χ4v) is 3.28. The number of aliphatic hydroxyl groups is 1. The predicted molar refractivity (Wildman–Crippen MR) is 104 cm³/mol. The normalized spacial score (nSPS) is 13.3. The molecule has 26 heavy (non-hydrogen) atoms. The zero-order valence-corrected chi connectivity index (χ0v) is 14.4. The summed E-state index contributed by atoms with van der Waals surface area (Å²) in [6, 6.07) is 28.2. The van der Waals surface area contributed by atoms with E-state index in [-0.39, 0.29) is 0 Å². The van der Waals surface area contributed by atoms with Crippen LogP contribution in [0.5, 0.6) is 0 Å². The van der Waals surface area contributed by atoms with Crippen molar-refractivity contribution < 1.29 is 5.11 Å². The van der Waals surface area contributed by atoms with Crippen LogP contribution in [0.15, 0.2) is 104 Å². The molecule has 0 bridgehead atoms. The molecule has 1 unspecified atom stereocenters. The molecule has 0 saturated carbocycles. The number of hydrogen-bond donors (Lipinski definition) is 1. The monoisotopic (exact) mass is 340 g/mol. The quantitative estimate of drug-likeness (QED) is 0.581. The molecule has 1 heterocycles. The van der Waals surface area contributed by atoms with E-state index >= 15 is 0 Å². The van der Waals surface area contributed by atoms with Gasteiger partial charge in [-0.15, -0.1) is 0 Å². The zero-order chi connectivity index (χ0) is 17.8. The van der Waals surface area contributed by atoms with E-state index in [9.17, 15) is 5.11 Å². The maximum absolute atomic E-state index is 11.6. The van der Waals surface area contributed by atoms with Crippen LogP contribution >= 0.6 is 0 Å². The molecule has 1 aromatic heterocycles. The van der Waals surface area contributed by atoms with Crippen LogP contribution in [0.2, 0.25) is 0 Å². The van der Waals surface area contributed by atoms with Gasteiger partial charge >= 0.3 is 0 Å². The summed E-state index contributed by atoms with van der Waals surface area (Å²) in [7, 11) is 0. The van der Waals surface area contributed by atoms with Crippen molar-refractivity contribution in [2.75, 3.05) is 0 Å². The van der Waals surface area contributed by atoms with E-state index in [0.29, 0.717) is 6.54 Å². The van der Waals surface area contributed by atoms with Crippen molar-refractivity contribution in [1.29, 1.82) is 0 Å². The Bertz CT molecular complexity index is 948. The van der Waals surface area contributed by atoms with Gasteiger partial charge in [0, 0.05) is 12.4 Å². The molecule has 0 aliphatic heterocycles. The molecule has 3 heteroatoms. The Morgan fingerprint density at radius 2 is 1.31 bits per heavy atom. The van der Waals surface area contributed by atoms with E-state index in [4.69, 9.17) is 0 Å². The van der Waals surface area contributed by atoms with Crippen LogP contribution in [0.3, 0.4) is 0 Å². The van der Waals surface area contributed by atoms with Crippen LogP contribution in [-0.4, -0.2) is 14.7 Å². The Hall–Kier alpha value is -3.17. The van der Waals surface area contributed by atoms with Gasteiger partial charge in [-0.25, -0.2) is 4.98 Å². The molecule has 0 fully saturated rings. The largest absolute Gasteiger partial charge is 0.378 e. The lowest BCUT2D eigenvalue weighted by atomic mass is 9.85. The summed E-state index contributed by atoms with van der Waals surface area (Å²) in [5.74, 6) is 0. The third kappa shape index (κ3) is 3.17. The number of rotatable bonds is 5. The van der Waals surface area contributed by atoms with Crippen molar-refractivity contribution in [3.63, 3.8) is 0 Å². The lowest BCUT2D eigenvalue weighted by Gasteiger charge is -2.30. The van der Waals surface area contributed by atoms with Gasteiger partial charge in [0.15, 0.2) is 0 Å². The van der Waals surface area contributed by atoms with Gasteiger partial charge in [0.1, 0.15) is 5.60 Å². The molecule has 1 N–H and O–H groups in total. The first-order valence-electron chi connectivity index (χ1n) is 8.65. The van der Waals surface area contributed by atoms with Crippen LogP contribution in [0, 0.1) is 0 Å². The zero-order valence-electron chi connectivity index (χ0n) is 14.4. The van der Waals surface area contributed by atoms with Crippen molar-refractivity contribution >= 4 is 0 Å². The summed E-state index contributed by atoms with van der Waals surface area (Å²) in [5.41, 5.74) is 2.89. The molecule has 0 saturated heterocycles. The van der Waals surface area contributed by atoms with Crippen molar-refractivity contribution in [2.45, 2.75) is 12.1 Å². The molecule has 0 aliphatic carbocycles. The van der Waals surface area contributed by atoms with Gasteiger partial charge in [-0.3, -0.25) is 0 Å². The Kier molecular flexibility index (Phi) is 4.38. The van der Waals surface area contributed by atoms with Gasteiger partial charge in [-0.05, 0) is 22.3 Å². The third-order valence-electron chi connectivity index (χ3n) is 4.69. The molecule has 0 amide bonds. The molecular formula is C23H20N2O. The molecule has 4 rings (SSSR count). The Labute approximate surface area is 153 Å². The minimum atomic E-state index is -1.13. The fraction of sp³-hybridized carbons (Fsp3) is 0.0870. The maximum Gasteiger partial charge on any atom is 0.132 e. The summed E-state index contributed by atoms with van der Waals surface area (Å²) < 4.78 is 1.90. The number of aromatic nitrogens is 2. The maximum atomic E-state index is 11.6. The highest BCUT2D eigenvalue weighted by molar-refractivity contribution is 5.63. The summed E-state index contributed by atoms with van der Waals surface area (Å²) in [5, 5.41) is 11.6. The first-order chi connectivity index (χ1) is 12.8. The topological polar surface area (TPSA) is 38.0 Å². The van der Waals surface area contributed by atoms with E-state index in [2.05, 4.69) is 29.2 Å². The van der Waals surface area contributed by atoms with Gasteiger partial charge < -0.3 is 9.67 Å². The summed E-state index contributed by atoms with van der Waals surface area (Å²) >= 11 is 0. The van der Waals surface area contributed by atoms with Crippen LogP contribution in [0.4, 0.5) is 0 Å². The minimum Gasteiger partial charge on any atom is -0.378 e. The van der Waals surface area contributed by atoms with E-state index < -0.39 is 5.60 Å². The molecule has 4 aromatic rings. The number of benzene rings is 3. The predicted octanol–water partition coefficient (Wildman–Crippen LogP) is 4.49. The lowest BCUT2D eigenvalue weighted by Crippen LogP contribution is -2.32. The highest BCUT2D eigenvalue weighted by Crippen LogP contribution is 2.33. The Balaban J connectivity index is 1.74. The van der Waals surface area contributed by atoms with Crippen molar-refractivity contribution in [1.82, 2.24) is 9.55 Å². The first kappa shape index (κ1) is 16.3. The second kappa shape index (κ2) is 6.98. The van der Waals surface area contributed by atoms with Gasteiger partial charge in [-0.1, -0.05) is 84.9 Å². The van der Waals surface area contributed by atoms with E-state index in [1.807, 2.05) is 71.4 Å². The van der Waals surface area contributed by atoms with Crippen LogP contribution in [0.25, 0.3) is 11.1 Å². The average Bonchev–Trinajstić information content (AvgIpc) is 3.22. The van der Waals surface area contributed by atoms with Gasteiger partial charge in [0.2, 0.25) is 0 Å². The standard InChI is InChI=1S/C23H20N2O/c26-23(17-25-16-15-24-18-25,21-9-5-2-6-10-21)22-13-11-20(12-14-22)19-7-3-1-4-8-19/h1-16,18,26H,17H2. The van der Waals surface area contributed by atoms with Crippen molar-refractivity contribution in [2.24, 2.45) is 0 Å². The van der Waals surface area contributed by atoms with Crippen LogP contribution in [0.1, 0.15) is 11.1 Å². The summed E-state index contributed by atoms with van der Waals surface area (Å²) in [4.78, 5) is 4.10. The molecule has 1 atom stereocenters. The smallest absolute Gasteiger partial charge is 0.132 e. The molecule has 128 valence electrons. The second-order valence-corrected chi connectivity index (χ2v) is 6.40. The number of imidazole rings is 1. The molecule has 0 radical (unpaired) electrons. The third-order valence-corrected chi connectivity index (χ3v) is 4.69. The van der Waals surface area contributed by atoms with Crippen molar-refractivity contribution in [3.8, 4) is 11.1 Å². The summed E-state index contributed by atoms with van der Waals surface area (Å²) in [6.45, 7) is 0.404. The Morgan fingerprint density at radius 1 is 0.731 bits per heavy atom. The van der Waals surface area contributed by atoms with Crippen LogP contribution < -0.4 is 0 Å². The molecule has 3 aromatic carbocycles. The van der Waals surface area contributed by atoms with Gasteiger partial charge in [0.25, 0.3) is 0 Å². The fourth-order valence-electron chi connectivity index (χ4n) is 3.28. The first-order valence-corrected chi connectivity index (χ1v) is 8.65. The van der Waals surface area contributed by atoms with Crippen molar-refractivity contribution in [3.05, 3.63) is 115 Å². The van der Waals surface area contributed by atoms with Crippen LogP contribution in [-0.2, 0) is 12.1 Å². The molecule has 0 aliphatic rings.